The molecule has 3 aromatic heterocycles. The fraction of sp³-hybridized carbons (Fsp3) is 0.400. The van der Waals surface area contributed by atoms with Gasteiger partial charge < -0.3 is 29.8 Å². The molecule has 0 aromatic carbocycles. The maximum absolute atomic E-state index is 10.2. The monoisotopic (exact) mass is 347 g/mol. The SMILES string of the molecule is OC[C@H]1O[C@@H](n2ncc3c(NCc4ccco4)ncnc32)[C@H](O)[C@@H]1O. The van der Waals surface area contributed by atoms with Gasteiger partial charge in [-0.3, -0.25) is 0 Å². The fourth-order valence-corrected chi connectivity index (χ4v) is 2.86. The van der Waals surface area contributed by atoms with Gasteiger partial charge in [-0.05, 0) is 12.1 Å². The minimum absolute atomic E-state index is 0.404. The highest BCUT2D eigenvalue weighted by Crippen LogP contribution is 2.31. The normalized spacial score (nSPS) is 26.4. The van der Waals surface area contributed by atoms with E-state index in [1.54, 1.807) is 18.5 Å². The topological polar surface area (TPSA) is 139 Å². The van der Waals surface area contributed by atoms with Crippen molar-refractivity contribution in [1.82, 2.24) is 19.7 Å². The molecule has 3 aromatic rings. The Morgan fingerprint density at radius 3 is 2.84 bits per heavy atom. The summed E-state index contributed by atoms with van der Waals surface area (Å²) in [5, 5.41) is 37.3. The summed E-state index contributed by atoms with van der Waals surface area (Å²) < 4.78 is 12.1. The van der Waals surface area contributed by atoms with Gasteiger partial charge in [-0.2, -0.15) is 5.10 Å². The first-order valence-corrected chi connectivity index (χ1v) is 7.76. The van der Waals surface area contributed by atoms with E-state index >= 15 is 0 Å². The molecule has 1 aliphatic heterocycles. The van der Waals surface area contributed by atoms with Gasteiger partial charge in [0.15, 0.2) is 11.9 Å². The lowest BCUT2D eigenvalue weighted by Gasteiger charge is -2.15. The van der Waals surface area contributed by atoms with Crippen LogP contribution in [0.25, 0.3) is 11.0 Å². The third kappa shape index (κ3) is 2.74. The minimum Gasteiger partial charge on any atom is -0.467 e. The molecule has 25 heavy (non-hydrogen) atoms. The number of nitrogens with one attached hydrogen (secondary N) is 1. The van der Waals surface area contributed by atoms with Crippen LogP contribution in [-0.4, -0.2) is 60.0 Å². The number of nitrogens with zero attached hydrogens (tertiary/aromatic N) is 4. The van der Waals surface area contributed by atoms with Gasteiger partial charge in [0.25, 0.3) is 0 Å². The van der Waals surface area contributed by atoms with E-state index in [1.165, 1.54) is 11.0 Å². The summed E-state index contributed by atoms with van der Waals surface area (Å²) >= 11 is 0. The molecule has 1 aliphatic rings. The second-order valence-corrected chi connectivity index (χ2v) is 5.71. The second kappa shape index (κ2) is 6.41. The lowest BCUT2D eigenvalue weighted by atomic mass is 10.1. The predicted molar refractivity (Wildman–Crippen MR) is 84.4 cm³/mol. The number of fused-ring (bicyclic) bond motifs is 1. The highest BCUT2D eigenvalue weighted by atomic mass is 16.6. The zero-order valence-electron chi connectivity index (χ0n) is 13.1. The Hall–Kier alpha value is -2.53. The molecule has 0 aliphatic carbocycles. The van der Waals surface area contributed by atoms with Gasteiger partial charge in [0.05, 0.1) is 31.0 Å². The van der Waals surface area contributed by atoms with E-state index < -0.39 is 31.1 Å². The van der Waals surface area contributed by atoms with Crippen molar-refractivity contribution in [3.05, 3.63) is 36.7 Å². The number of aliphatic hydroxyl groups excluding tert-OH is 3. The van der Waals surface area contributed by atoms with Gasteiger partial charge in [-0.1, -0.05) is 0 Å². The van der Waals surface area contributed by atoms with Crippen LogP contribution < -0.4 is 5.32 Å². The summed E-state index contributed by atoms with van der Waals surface area (Å²) in [6.07, 6.45) is 0.255. The Balaban J connectivity index is 1.63. The van der Waals surface area contributed by atoms with E-state index in [0.717, 1.165) is 5.76 Å². The predicted octanol–water partition coefficient (Wildman–Crippen LogP) is -0.357. The molecule has 132 valence electrons. The Morgan fingerprint density at radius 1 is 1.24 bits per heavy atom. The van der Waals surface area contributed by atoms with Gasteiger partial charge in [-0.25, -0.2) is 14.6 Å². The van der Waals surface area contributed by atoms with Crippen molar-refractivity contribution in [3.63, 3.8) is 0 Å². The molecule has 0 bridgehead atoms. The molecule has 4 rings (SSSR count). The summed E-state index contributed by atoms with van der Waals surface area (Å²) in [6.45, 7) is 0.0387. The number of hydrogen-bond acceptors (Lipinski definition) is 9. The van der Waals surface area contributed by atoms with Crippen LogP contribution in [0.4, 0.5) is 5.82 Å². The first-order chi connectivity index (χ1) is 12.2. The Bertz CT molecular complexity index is 851. The van der Waals surface area contributed by atoms with Crippen LogP contribution in [0.15, 0.2) is 35.3 Å². The van der Waals surface area contributed by atoms with Crippen molar-refractivity contribution in [2.75, 3.05) is 11.9 Å². The van der Waals surface area contributed by atoms with E-state index in [2.05, 4.69) is 20.4 Å². The maximum atomic E-state index is 10.2. The van der Waals surface area contributed by atoms with E-state index in [4.69, 9.17) is 9.15 Å². The molecule has 4 atom stereocenters. The molecular weight excluding hydrogens is 330 g/mol. The quantitative estimate of drug-likeness (QED) is 0.487. The molecule has 4 heterocycles. The van der Waals surface area contributed by atoms with Crippen LogP contribution >= 0.6 is 0 Å². The van der Waals surface area contributed by atoms with Crippen LogP contribution in [0.5, 0.6) is 0 Å². The molecule has 4 N–H and O–H groups in total. The number of hydrogen-bond donors (Lipinski definition) is 4. The average molecular weight is 347 g/mol. The van der Waals surface area contributed by atoms with Crippen molar-refractivity contribution in [2.24, 2.45) is 0 Å². The van der Waals surface area contributed by atoms with E-state index in [9.17, 15) is 15.3 Å². The third-order valence-corrected chi connectivity index (χ3v) is 4.16. The molecule has 10 nitrogen and oxygen atoms in total. The Morgan fingerprint density at radius 2 is 2.12 bits per heavy atom. The summed E-state index contributed by atoms with van der Waals surface area (Å²) in [6, 6.07) is 3.64. The van der Waals surface area contributed by atoms with E-state index in [-0.39, 0.29) is 0 Å². The van der Waals surface area contributed by atoms with Crippen LogP contribution in [-0.2, 0) is 11.3 Å². The molecule has 0 unspecified atom stereocenters. The molecule has 0 amide bonds. The van der Waals surface area contributed by atoms with E-state index in [0.29, 0.717) is 23.4 Å². The number of furan rings is 1. The Kier molecular flexibility index (Phi) is 4.09. The van der Waals surface area contributed by atoms with Gasteiger partial charge in [-0.15, -0.1) is 0 Å². The fourth-order valence-electron chi connectivity index (χ4n) is 2.86. The van der Waals surface area contributed by atoms with Crippen molar-refractivity contribution < 1.29 is 24.5 Å². The molecule has 0 saturated carbocycles. The Labute approximate surface area is 141 Å². The summed E-state index contributed by atoms with van der Waals surface area (Å²) in [5.74, 6) is 1.31. The van der Waals surface area contributed by atoms with E-state index in [1.807, 2.05) is 6.07 Å². The summed E-state index contributed by atoms with van der Waals surface area (Å²) in [5.41, 5.74) is 0.437. The molecule has 0 radical (unpaired) electrons. The molecule has 0 spiro atoms. The highest BCUT2D eigenvalue weighted by molar-refractivity contribution is 5.86. The molecule has 1 saturated heterocycles. The third-order valence-electron chi connectivity index (χ3n) is 4.16. The van der Waals surface area contributed by atoms with Crippen LogP contribution in [0.1, 0.15) is 12.0 Å². The van der Waals surface area contributed by atoms with Crippen LogP contribution in [0.3, 0.4) is 0 Å². The smallest absolute Gasteiger partial charge is 0.181 e. The standard InChI is InChI=1S/C15H17N5O5/c21-6-10-11(22)12(23)15(25-10)20-14-9(5-19-20)13(17-7-18-14)16-4-8-2-1-3-24-8/h1-3,5,7,10-12,15,21-23H,4,6H2,(H,16,17,18)/t10-,11-,12-,15-/m1/s1. The van der Waals surface area contributed by atoms with Crippen molar-refractivity contribution in [3.8, 4) is 0 Å². The summed E-state index contributed by atoms with van der Waals surface area (Å²) in [7, 11) is 0. The minimum atomic E-state index is -1.23. The number of aliphatic hydroxyl groups is 3. The number of ether oxygens (including phenoxy) is 1. The summed E-state index contributed by atoms with van der Waals surface area (Å²) in [4.78, 5) is 8.39. The average Bonchev–Trinajstić information content (AvgIpc) is 3.34. The zero-order chi connectivity index (χ0) is 17.4. The first-order valence-electron chi connectivity index (χ1n) is 7.76. The van der Waals surface area contributed by atoms with Crippen molar-refractivity contribution in [2.45, 2.75) is 31.1 Å². The van der Waals surface area contributed by atoms with Gasteiger partial charge in [0.2, 0.25) is 0 Å². The van der Waals surface area contributed by atoms with Crippen LogP contribution in [0.2, 0.25) is 0 Å². The van der Waals surface area contributed by atoms with Gasteiger partial charge in [0, 0.05) is 0 Å². The molecule has 1 fully saturated rings. The van der Waals surface area contributed by atoms with Gasteiger partial charge >= 0.3 is 0 Å². The van der Waals surface area contributed by atoms with Crippen molar-refractivity contribution in [1.29, 1.82) is 0 Å². The zero-order valence-corrected chi connectivity index (χ0v) is 13.1. The maximum Gasteiger partial charge on any atom is 0.181 e. The van der Waals surface area contributed by atoms with Crippen LogP contribution in [0, 0.1) is 0 Å². The lowest BCUT2D eigenvalue weighted by Crippen LogP contribution is -2.33. The van der Waals surface area contributed by atoms with Crippen molar-refractivity contribution >= 4 is 16.9 Å². The largest absolute Gasteiger partial charge is 0.467 e. The number of rotatable bonds is 5. The first kappa shape index (κ1) is 16.0. The number of anilines is 1. The highest BCUT2D eigenvalue weighted by Gasteiger charge is 2.44. The molecular formula is C15H17N5O5. The lowest BCUT2D eigenvalue weighted by molar-refractivity contribution is -0.0566. The number of aromatic nitrogens is 4. The van der Waals surface area contributed by atoms with Gasteiger partial charge in [0.1, 0.15) is 36.2 Å². The molecule has 10 heteroatoms. The second-order valence-electron chi connectivity index (χ2n) is 5.71.